The molecule has 1 aliphatic rings. The highest BCUT2D eigenvalue weighted by atomic mass is 35.5. The molecule has 6 heteroatoms. The fourth-order valence-electron chi connectivity index (χ4n) is 2.28. The standard InChI is InChI=1S/C12H16N4.2ClH/c1-15-11-5-3-2-4-10(11)14-12(15)16-8-6-13-7-9-16;;/h2-5,13H,6-9H2,1H3;2*1H. The Balaban J connectivity index is 0.000000810. The van der Waals surface area contributed by atoms with Crippen LogP contribution in [0.25, 0.3) is 11.0 Å². The molecule has 0 unspecified atom stereocenters. The van der Waals surface area contributed by atoms with Crippen LogP contribution in [0.1, 0.15) is 0 Å². The van der Waals surface area contributed by atoms with Crippen LogP contribution in [0, 0.1) is 0 Å². The minimum absolute atomic E-state index is 0. The summed E-state index contributed by atoms with van der Waals surface area (Å²) in [7, 11) is 2.09. The normalized spacial score (nSPS) is 15.1. The minimum atomic E-state index is 0. The lowest BCUT2D eigenvalue weighted by Gasteiger charge is -2.28. The molecule has 0 radical (unpaired) electrons. The quantitative estimate of drug-likeness (QED) is 0.869. The Morgan fingerprint density at radius 3 is 2.44 bits per heavy atom. The van der Waals surface area contributed by atoms with Gasteiger partial charge in [0.1, 0.15) is 0 Å². The molecule has 4 nitrogen and oxygen atoms in total. The van der Waals surface area contributed by atoms with E-state index in [1.54, 1.807) is 0 Å². The molecule has 100 valence electrons. The van der Waals surface area contributed by atoms with E-state index < -0.39 is 0 Å². The van der Waals surface area contributed by atoms with Gasteiger partial charge < -0.3 is 14.8 Å². The van der Waals surface area contributed by atoms with Crippen LogP contribution in [0.2, 0.25) is 0 Å². The number of anilines is 1. The van der Waals surface area contributed by atoms with Gasteiger partial charge in [0.2, 0.25) is 5.95 Å². The van der Waals surface area contributed by atoms with Crippen LogP contribution in [-0.4, -0.2) is 35.7 Å². The zero-order chi connectivity index (χ0) is 11.0. The van der Waals surface area contributed by atoms with Gasteiger partial charge in [-0.15, -0.1) is 24.8 Å². The number of imidazole rings is 1. The molecule has 3 rings (SSSR count). The Morgan fingerprint density at radius 1 is 1.11 bits per heavy atom. The van der Waals surface area contributed by atoms with Crippen LogP contribution in [0.15, 0.2) is 24.3 Å². The molecule has 1 aromatic heterocycles. The monoisotopic (exact) mass is 288 g/mol. The van der Waals surface area contributed by atoms with Gasteiger partial charge in [0, 0.05) is 33.2 Å². The maximum absolute atomic E-state index is 4.70. The number of benzene rings is 1. The molecule has 1 aliphatic heterocycles. The number of hydrogen-bond donors (Lipinski definition) is 1. The highest BCUT2D eigenvalue weighted by Crippen LogP contribution is 2.20. The van der Waals surface area contributed by atoms with E-state index in [9.17, 15) is 0 Å². The Morgan fingerprint density at radius 2 is 1.78 bits per heavy atom. The van der Waals surface area contributed by atoms with Crippen LogP contribution >= 0.6 is 24.8 Å². The largest absolute Gasteiger partial charge is 0.340 e. The molecule has 2 heterocycles. The summed E-state index contributed by atoms with van der Waals surface area (Å²) < 4.78 is 2.18. The smallest absolute Gasteiger partial charge is 0.206 e. The number of piperazine rings is 1. The summed E-state index contributed by atoms with van der Waals surface area (Å²) in [6.45, 7) is 4.17. The van der Waals surface area contributed by atoms with Crippen LogP contribution in [0.4, 0.5) is 5.95 Å². The lowest BCUT2D eigenvalue weighted by molar-refractivity contribution is 0.575. The molecule has 18 heavy (non-hydrogen) atoms. The van der Waals surface area contributed by atoms with Crippen molar-refractivity contribution in [1.29, 1.82) is 0 Å². The number of hydrogen-bond acceptors (Lipinski definition) is 3. The average molecular weight is 289 g/mol. The third-order valence-electron chi connectivity index (χ3n) is 3.16. The van der Waals surface area contributed by atoms with Crippen molar-refractivity contribution in [2.75, 3.05) is 31.1 Å². The number of nitrogens with one attached hydrogen (secondary N) is 1. The van der Waals surface area contributed by atoms with Crippen LogP contribution in [0.5, 0.6) is 0 Å². The van der Waals surface area contributed by atoms with Crippen molar-refractivity contribution in [3.05, 3.63) is 24.3 Å². The third kappa shape index (κ3) is 2.55. The molecule has 1 fully saturated rings. The zero-order valence-electron chi connectivity index (χ0n) is 10.3. The zero-order valence-corrected chi connectivity index (χ0v) is 11.9. The van der Waals surface area contributed by atoms with Crippen molar-refractivity contribution in [2.45, 2.75) is 0 Å². The van der Waals surface area contributed by atoms with Crippen LogP contribution in [-0.2, 0) is 7.05 Å². The van der Waals surface area contributed by atoms with Gasteiger partial charge in [-0.05, 0) is 12.1 Å². The number of para-hydroxylation sites is 2. The molecule has 0 aliphatic carbocycles. The van der Waals surface area contributed by atoms with Gasteiger partial charge in [-0.25, -0.2) is 4.98 Å². The van der Waals surface area contributed by atoms with E-state index >= 15 is 0 Å². The maximum atomic E-state index is 4.70. The van der Waals surface area contributed by atoms with E-state index in [0.717, 1.165) is 37.6 Å². The first-order valence-electron chi connectivity index (χ1n) is 5.73. The Bertz CT molecular complexity index is 506. The molecule has 1 N–H and O–H groups in total. The van der Waals surface area contributed by atoms with E-state index in [1.807, 2.05) is 6.07 Å². The van der Waals surface area contributed by atoms with Crippen LogP contribution in [0.3, 0.4) is 0 Å². The number of fused-ring (bicyclic) bond motifs is 1. The highest BCUT2D eigenvalue weighted by molar-refractivity contribution is 5.85. The van der Waals surface area contributed by atoms with Gasteiger partial charge in [-0.1, -0.05) is 12.1 Å². The molecule has 1 saturated heterocycles. The van der Waals surface area contributed by atoms with E-state index in [-0.39, 0.29) is 24.8 Å². The topological polar surface area (TPSA) is 33.1 Å². The lowest BCUT2D eigenvalue weighted by atomic mass is 10.3. The fourth-order valence-corrected chi connectivity index (χ4v) is 2.28. The number of rotatable bonds is 1. The maximum Gasteiger partial charge on any atom is 0.206 e. The number of nitrogens with zero attached hydrogens (tertiary/aromatic N) is 3. The van der Waals surface area contributed by atoms with E-state index in [1.165, 1.54) is 5.52 Å². The second kappa shape index (κ2) is 6.27. The van der Waals surface area contributed by atoms with E-state index in [0.29, 0.717) is 0 Å². The van der Waals surface area contributed by atoms with Crippen molar-refractivity contribution in [3.8, 4) is 0 Å². The molecular formula is C12H18Cl2N4. The minimum Gasteiger partial charge on any atom is -0.340 e. The van der Waals surface area contributed by atoms with Gasteiger partial charge in [0.25, 0.3) is 0 Å². The van der Waals surface area contributed by atoms with Gasteiger partial charge in [-0.2, -0.15) is 0 Å². The van der Waals surface area contributed by atoms with Gasteiger partial charge >= 0.3 is 0 Å². The number of aryl methyl sites for hydroxylation is 1. The molecule has 0 amide bonds. The first kappa shape index (κ1) is 15.1. The Hall–Kier alpha value is -0.970. The van der Waals surface area contributed by atoms with Gasteiger partial charge in [-0.3, -0.25) is 0 Å². The van der Waals surface area contributed by atoms with Crippen molar-refractivity contribution in [2.24, 2.45) is 7.05 Å². The number of halogens is 2. The number of aromatic nitrogens is 2. The predicted octanol–water partition coefficient (Wildman–Crippen LogP) is 1.83. The third-order valence-corrected chi connectivity index (χ3v) is 3.16. The highest BCUT2D eigenvalue weighted by Gasteiger charge is 2.16. The summed E-state index contributed by atoms with van der Waals surface area (Å²) in [4.78, 5) is 7.04. The Labute approximate surface area is 119 Å². The summed E-state index contributed by atoms with van der Waals surface area (Å²) in [6, 6.07) is 8.29. The summed E-state index contributed by atoms with van der Waals surface area (Å²) in [5.74, 6) is 1.09. The second-order valence-electron chi connectivity index (χ2n) is 4.20. The first-order valence-corrected chi connectivity index (χ1v) is 5.73. The fraction of sp³-hybridized carbons (Fsp3) is 0.417. The van der Waals surface area contributed by atoms with E-state index in [2.05, 4.69) is 40.0 Å². The Kier molecular flexibility index (Phi) is 5.26. The second-order valence-corrected chi connectivity index (χ2v) is 4.20. The van der Waals surface area contributed by atoms with Crippen molar-refractivity contribution < 1.29 is 0 Å². The van der Waals surface area contributed by atoms with E-state index in [4.69, 9.17) is 4.98 Å². The molecule has 0 atom stereocenters. The average Bonchev–Trinajstić information content (AvgIpc) is 2.69. The molecular weight excluding hydrogens is 271 g/mol. The summed E-state index contributed by atoms with van der Waals surface area (Å²) in [6.07, 6.45) is 0. The van der Waals surface area contributed by atoms with Crippen LogP contribution < -0.4 is 10.2 Å². The molecule has 2 aromatic rings. The summed E-state index contributed by atoms with van der Waals surface area (Å²) >= 11 is 0. The van der Waals surface area contributed by atoms with Crippen molar-refractivity contribution >= 4 is 41.8 Å². The SMILES string of the molecule is Cl.Cl.Cn1c(N2CCNCC2)nc2ccccc21. The summed E-state index contributed by atoms with van der Waals surface area (Å²) in [5, 5.41) is 3.36. The molecule has 0 spiro atoms. The predicted molar refractivity (Wildman–Crippen MR) is 80.3 cm³/mol. The van der Waals surface area contributed by atoms with Crippen molar-refractivity contribution in [3.63, 3.8) is 0 Å². The molecule has 0 bridgehead atoms. The molecule has 1 aromatic carbocycles. The van der Waals surface area contributed by atoms with Crippen molar-refractivity contribution in [1.82, 2.24) is 14.9 Å². The lowest BCUT2D eigenvalue weighted by Crippen LogP contribution is -2.44. The molecule has 0 saturated carbocycles. The first-order chi connectivity index (χ1) is 7.86. The van der Waals surface area contributed by atoms with Gasteiger partial charge in [0.15, 0.2) is 0 Å². The summed E-state index contributed by atoms with van der Waals surface area (Å²) in [5.41, 5.74) is 2.29. The van der Waals surface area contributed by atoms with Gasteiger partial charge in [0.05, 0.1) is 11.0 Å².